The number of carbonyl (C=O) groups is 1. The van der Waals surface area contributed by atoms with Gasteiger partial charge in [-0.15, -0.1) is 0 Å². The molecule has 1 heterocycles. The van der Waals surface area contributed by atoms with Gasteiger partial charge in [0.2, 0.25) is 0 Å². The van der Waals surface area contributed by atoms with Crippen LogP contribution in [0.4, 0.5) is 5.69 Å². The van der Waals surface area contributed by atoms with E-state index in [-0.39, 0.29) is 21.7 Å². The van der Waals surface area contributed by atoms with Crippen LogP contribution < -0.4 is 4.72 Å². The smallest absolute Gasteiger partial charge is 0.337 e. The van der Waals surface area contributed by atoms with Gasteiger partial charge in [-0.25, -0.2) is 13.2 Å². The lowest BCUT2D eigenvalue weighted by atomic mass is 10.2. The van der Waals surface area contributed by atoms with Crippen molar-refractivity contribution in [1.82, 2.24) is 9.97 Å². The molecule has 2 aromatic carbocycles. The maximum absolute atomic E-state index is 12.7. The van der Waals surface area contributed by atoms with Gasteiger partial charge in [0.15, 0.2) is 0 Å². The van der Waals surface area contributed by atoms with Crippen molar-refractivity contribution in [2.24, 2.45) is 0 Å². The number of carboxylic acids is 1. The van der Waals surface area contributed by atoms with Crippen molar-refractivity contribution >= 4 is 48.6 Å². The second-order valence-electron chi connectivity index (χ2n) is 4.78. The van der Waals surface area contributed by atoms with Crippen LogP contribution in [0.5, 0.6) is 0 Å². The molecule has 0 saturated heterocycles. The van der Waals surface area contributed by atoms with Crippen molar-refractivity contribution in [2.75, 3.05) is 4.72 Å². The Labute approximate surface area is 145 Å². The van der Waals surface area contributed by atoms with Gasteiger partial charge in [-0.3, -0.25) is 14.7 Å². The Morgan fingerprint density at radius 3 is 2.62 bits per heavy atom. The number of hydrogen-bond donors (Lipinski definition) is 2. The average molecular weight is 408 g/mol. The standard InChI is InChI=1S/C15H10BrN3O4S/c16-9-4-5-10(15(20)21)12(8-9)19-24(22,23)13-3-1-2-11-14(13)18-7-6-17-11/h1-8,19H,(H,20,21). The van der Waals surface area contributed by atoms with Gasteiger partial charge >= 0.3 is 5.97 Å². The molecule has 0 aliphatic carbocycles. The Hall–Kier alpha value is -2.52. The molecule has 0 aliphatic heterocycles. The van der Waals surface area contributed by atoms with Gasteiger partial charge < -0.3 is 5.11 Å². The van der Waals surface area contributed by atoms with Crippen LogP contribution in [0.3, 0.4) is 0 Å². The van der Waals surface area contributed by atoms with Gasteiger partial charge in [0, 0.05) is 16.9 Å². The summed E-state index contributed by atoms with van der Waals surface area (Å²) in [5.41, 5.74) is 0.429. The molecule has 0 saturated carbocycles. The highest BCUT2D eigenvalue weighted by Gasteiger charge is 2.21. The first-order valence-electron chi connectivity index (χ1n) is 6.64. The summed E-state index contributed by atoms with van der Waals surface area (Å²) in [5.74, 6) is -1.24. The summed E-state index contributed by atoms with van der Waals surface area (Å²) in [6.07, 6.45) is 2.85. The molecule has 1 aromatic heterocycles. The topological polar surface area (TPSA) is 109 Å². The zero-order chi connectivity index (χ0) is 17.3. The number of benzene rings is 2. The number of aromatic nitrogens is 2. The summed E-state index contributed by atoms with van der Waals surface area (Å²) in [7, 11) is -4.05. The maximum atomic E-state index is 12.7. The normalized spacial score (nSPS) is 11.4. The van der Waals surface area contributed by atoms with Crippen LogP contribution in [0.1, 0.15) is 10.4 Å². The molecule has 3 rings (SSSR count). The number of nitrogens with zero attached hydrogens (tertiary/aromatic N) is 2. The maximum Gasteiger partial charge on any atom is 0.337 e. The second kappa shape index (κ2) is 6.17. The molecule has 0 aliphatic rings. The highest BCUT2D eigenvalue weighted by Crippen LogP contribution is 2.26. The summed E-state index contributed by atoms with van der Waals surface area (Å²) >= 11 is 3.20. The first-order chi connectivity index (χ1) is 11.4. The molecule has 0 atom stereocenters. The molecule has 7 nitrogen and oxygen atoms in total. The highest BCUT2D eigenvalue weighted by atomic mass is 79.9. The summed E-state index contributed by atoms with van der Waals surface area (Å²) in [6, 6.07) is 8.79. The average Bonchev–Trinajstić information content (AvgIpc) is 2.53. The van der Waals surface area contributed by atoms with E-state index in [4.69, 9.17) is 0 Å². The van der Waals surface area contributed by atoms with Gasteiger partial charge in [0.25, 0.3) is 10.0 Å². The quantitative estimate of drug-likeness (QED) is 0.687. The largest absolute Gasteiger partial charge is 0.478 e. The third kappa shape index (κ3) is 3.08. The van der Waals surface area contributed by atoms with Crippen LogP contribution in [0, 0.1) is 0 Å². The Morgan fingerprint density at radius 2 is 1.88 bits per heavy atom. The lowest BCUT2D eigenvalue weighted by Crippen LogP contribution is -2.16. The van der Waals surface area contributed by atoms with E-state index in [1.807, 2.05) is 0 Å². The molecule has 3 aromatic rings. The van der Waals surface area contributed by atoms with Crippen molar-refractivity contribution in [3.8, 4) is 0 Å². The van der Waals surface area contributed by atoms with E-state index in [9.17, 15) is 18.3 Å². The molecule has 0 unspecified atom stereocenters. The Balaban J connectivity index is 2.13. The lowest BCUT2D eigenvalue weighted by Gasteiger charge is -2.12. The number of aromatic carboxylic acids is 1. The van der Waals surface area contributed by atoms with Crippen molar-refractivity contribution < 1.29 is 18.3 Å². The molecule has 0 amide bonds. The third-order valence-electron chi connectivity index (χ3n) is 3.21. The number of halogens is 1. The molecule has 24 heavy (non-hydrogen) atoms. The molecule has 0 radical (unpaired) electrons. The van der Waals surface area contributed by atoms with Crippen molar-refractivity contribution in [2.45, 2.75) is 4.90 Å². The summed E-state index contributed by atoms with van der Waals surface area (Å²) < 4.78 is 28.3. The van der Waals surface area contributed by atoms with Crippen LogP contribution >= 0.6 is 15.9 Å². The molecule has 0 spiro atoms. The van der Waals surface area contributed by atoms with Gasteiger partial charge in [0.05, 0.1) is 16.8 Å². The number of fused-ring (bicyclic) bond motifs is 1. The number of hydrogen-bond acceptors (Lipinski definition) is 5. The van der Waals surface area contributed by atoms with E-state index >= 15 is 0 Å². The predicted molar refractivity (Wildman–Crippen MR) is 91.4 cm³/mol. The van der Waals surface area contributed by atoms with Crippen molar-refractivity contribution in [1.29, 1.82) is 0 Å². The van der Waals surface area contributed by atoms with E-state index in [0.717, 1.165) is 0 Å². The SMILES string of the molecule is O=C(O)c1ccc(Br)cc1NS(=O)(=O)c1cccc2nccnc12. The van der Waals surface area contributed by atoms with Crippen LogP contribution in [0.15, 0.2) is 58.2 Å². The van der Waals surface area contributed by atoms with Crippen LogP contribution in [0.25, 0.3) is 11.0 Å². The van der Waals surface area contributed by atoms with E-state index in [1.54, 1.807) is 12.1 Å². The number of anilines is 1. The van der Waals surface area contributed by atoms with E-state index in [1.165, 1.54) is 36.7 Å². The van der Waals surface area contributed by atoms with E-state index in [0.29, 0.717) is 9.99 Å². The van der Waals surface area contributed by atoms with Crippen molar-refractivity contribution in [3.05, 3.63) is 58.8 Å². The van der Waals surface area contributed by atoms with Gasteiger partial charge in [-0.2, -0.15) is 0 Å². The van der Waals surface area contributed by atoms with Crippen LogP contribution in [-0.2, 0) is 10.0 Å². The first kappa shape index (κ1) is 16.3. The molecule has 0 fully saturated rings. The van der Waals surface area contributed by atoms with Crippen molar-refractivity contribution in [3.63, 3.8) is 0 Å². The number of para-hydroxylation sites is 1. The van der Waals surface area contributed by atoms with E-state index < -0.39 is 16.0 Å². The minimum Gasteiger partial charge on any atom is -0.478 e. The summed E-state index contributed by atoms with van der Waals surface area (Å²) in [4.78, 5) is 19.3. The number of sulfonamides is 1. The number of nitrogens with one attached hydrogen (secondary N) is 1. The third-order valence-corrected chi connectivity index (χ3v) is 5.10. The van der Waals surface area contributed by atoms with Gasteiger partial charge in [0.1, 0.15) is 10.4 Å². The lowest BCUT2D eigenvalue weighted by molar-refractivity contribution is 0.0698. The minimum atomic E-state index is -4.05. The number of rotatable bonds is 4. The summed E-state index contributed by atoms with van der Waals surface area (Å²) in [5, 5.41) is 9.22. The molecular formula is C15H10BrN3O4S. The second-order valence-corrected chi connectivity index (χ2v) is 7.35. The summed E-state index contributed by atoms with van der Waals surface area (Å²) in [6.45, 7) is 0. The molecule has 0 bridgehead atoms. The van der Waals surface area contributed by atoms with Gasteiger partial charge in [-0.1, -0.05) is 22.0 Å². The first-order valence-corrected chi connectivity index (χ1v) is 8.91. The fourth-order valence-corrected chi connectivity index (χ4v) is 3.77. The molecule has 9 heteroatoms. The zero-order valence-electron chi connectivity index (χ0n) is 12.0. The van der Waals surface area contributed by atoms with Crippen LogP contribution in [-0.4, -0.2) is 29.5 Å². The van der Waals surface area contributed by atoms with Gasteiger partial charge in [-0.05, 0) is 30.3 Å². The Morgan fingerprint density at radius 1 is 1.12 bits per heavy atom. The Bertz CT molecular complexity index is 1050. The monoisotopic (exact) mass is 407 g/mol. The predicted octanol–water partition coefficient (Wildman–Crippen LogP) is 2.89. The fourth-order valence-electron chi connectivity index (χ4n) is 2.17. The molecule has 2 N–H and O–H groups in total. The number of carboxylic acid groups (broad SMARTS) is 1. The highest BCUT2D eigenvalue weighted by molar-refractivity contribution is 9.10. The Kier molecular flexibility index (Phi) is 4.20. The van der Waals surface area contributed by atoms with E-state index in [2.05, 4.69) is 30.6 Å². The molecular weight excluding hydrogens is 398 g/mol. The molecule has 122 valence electrons. The fraction of sp³-hybridized carbons (Fsp3) is 0. The minimum absolute atomic E-state index is 0.0437. The van der Waals surface area contributed by atoms with Crippen LogP contribution in [0.2, 0.25) is 0 Å². The zero-order valence-corrected chi connectivity index (χ0v) is 14.4.